The van der Waals surface area contributed by atoms with Crippen molar-refractivity contribution < 1.29 is 30.0 Å². The first kappa shape index (κ1) is 19.9. The van der Waals surface area contributed by atoms with Gasteiger partial charge in [0.15, 0.2) is 5.78 Å². The van der Waals surface area contributed by atoms with Crippen LogP contribution in [0.4, 0.5) is 5.69 Å². The molecule has 2 aromatic rings. The van der Waals surface area contributed by atoms with Gasteiger partial charge in [0, 0.05) is 29.7 Å². The molecule has 1 saturated heterocycles. The van der Waals surface area contributed by atoms with Gasteiger partial charge in [-0.25, -0.2) is 0 Å². The average Bonchev–Trinajstić information content (AvgIpc) is 3.15. The Morgan fingerprint density at radius 3 is 2.41 bits per heavy atom. The van der Waals surface area contributed by atoms with E-state index in [0.717, 1.165) is 17.0 Å². The molecule has 7 heteroatoms. The molecule has 1 fully saturated rings. The van der Waals surface area contributed by atoms with Crippen LogP contribution in [0.2, 0.25) is 0 Å². The van der Waals surface area contributed by atoms with Gasteiger partial charge in [-0.3, -0.25) is 9.79 Å². The molecule has 0 spiro atoms. The molecular formula is C22H23NO6. The largest absolute Gasteiger partial charge is 0.394 e. The van der Waals surface area contributed by atoms with Crippen molar-refractivity contribution in [1.82, 2.24) is 0 Å². The third-order valence-corrected chi connectivity index (χ3v) is 5.48. The summed E-state index contributed by atoms with van der Waals surface area (Å²) in [7, 11) is 0. The lowest BCUT2D eigenvalue weighted by Gasteiger charge is -2.40. The quantitative estimate of drug-likeness (QED) is 0.554. The molecule has 0 saturated carbocycles. The second kappa shape index (κ2) is 8.14. The summed E-state index contributed by atoms with van der Waals surface area (Å²) < 4.78 is 5.57. The van der Waals surface area contributed by atoms with Gasteiger partial charge in [0.1, 0.15) is 24.4 Å². The average molecular weight is 397 g/mol. The minimum absolute atomic E-state index is 0.0595. The summed E-state index contributed by atoms with van der Waals surface area (Å²) in [6.07, 6.45) is -5.03. The van der Waals surface area contributed by atoms with Crippen molar-refractivity contribution in [2.45, 2.75) is 43.4 Å². The molecule has 152 valence electrons. The van der Waals surface area contributed by atoms with E-state index in [1.165, 1.54) is 0 Å². The molecule has 0 aromatic heterocycles. The summed E-state index contributed by atoms with van der Waals surface area (Å²) in [6, 6.07) is 14.4. The molecule has 0 aliphatic carbocycles. The SMILES string of the molecule is O=C(c1ccccc1)c1ccc2c(c1)CC(CC1OC(CO)C(O)C(O)C1O)=N2. The number of aliphatic imine (C=N–C) groups is 1. The van der Waals surface area contributed by atoms with Crippen LogP contribution in [0.5, 0.6) is 0 Å². The molecular weight excluding hydrogens is 374 g/mol. The molecule has 2 aromatic carbocycles. The highest BCUT2D eigenvalue weighted by Crippen LogP contribution is 2.32. The van der Waals surface area contributed by atoms with E-state index in [1.54, 1.807) is 24.3 Å². The topological polar surface area (TPSA) is 120 Å². The van der Waals surface area contributed by atoms with Crippen LogP contribution >= 0.6 is 0 Å². The Bertz CT molecular complexity index is 926. The predicted molar refractivity (Wildman–Crippen MR) is 105 cm³/mol. The number of hydrogen-bond acceptors (Lipinski definition) is 7. The fraction of sp³-hybridized carbons (Fsp3) is 0.364. The van der Waals surface area contributed by atoms with Gasteiger partial charge in [-0.2, -0.15) is 0 Å². The van der Waals surface area contributed by atoms with E-state index < -0.39 is 37.1 Å². The fourth-order valence-corrected chi connectivity index (χ4v) is 3.86. The van der Waals surface area contributed by atoms with Crippen molar-refractivity contribution in [2.24, 2.45) is 4.99 Å². The highest BCUT2D eigenvalue weighted by molar-refractivity contribution is 6.09. The molecule has 0 amide bonds. The van der Waals surface area contributed by atoms with Crippen LogP contribution in [0.25, 0.3) is 0 Å². The smallest absolute Gasteiger partial charge is 0.193 e. The summed E-state index contributed by atoms with van der Waals surface area (Å²) in [5.41, 5.74) is 3.61. The molecule has 4 rings (SSSR count). The van der Waals surface area contributed by atoms with E-state index in [0.29, 0.717) is 17.5 Å². The summed E-state index contributed by atoms with van der Waals surface area (Å²) in [5, 5.41) is 39.4. The lowest BCUT2D eigenvalue weighted by Crippen LogP contribution is -2.58. The summed E-state index contributed by atoms with van der Waals surface area (Å²) >= 11 is 0. The summed E-state index contributed by atoms with van der Waals surface area (Å²) in [5.74, 6) is -0.0595. The van der Waals surface area contributed by atoms with Crippen molar-refractivity contribution in [3.8, 4) is 0 Å². The zero-order valence-electron chi connectivity index (χ0n) is 15.7. The Kier molecular flexibility index (Phi) is 5.58. The van der Waals surface area contributed by atoms with Gasteiger partial charge >= 0.3 is 0 Å². The molecule has 2 aliphatic heterocycles. The second-order valence-corrected chi connectivity index (χ2v) is 7.46. The molecule has 5 atom stereocenters. The number of aliphatic hydroxyl groups excluding tert-OH is 4. The first-order chi connectivity index (χ1) is 14.0. The first-order valence-electron chi connectivity index (χ1n) is 9.57. The van der Waals surface area contributed by atoms with Crippen LogP contribution in [-0.2, 0) is 11.2 Å². The lowest BCUT2D eigenvalue weighted by molar-refractivity contribution is -0.227. The Morgan fingerprint density at radius 1 is 0.966 bits per heavy atom. The normalized spacial score (nSPS) is 28.7. The highest BCUT2D eigenvalue weighted by atomic mass is 16.5. The third-order valence-electron chi connectivity index (χ3n) is 5.48. The molecule has 7 nitrogen and oxygen atoms in total. The van der Waals surface area contributed by atoms with Gasteiger partial charge < -0.3 is 25.2 Å². The van der Waals surface area contributed by atoms with Crippen molar-refractivity contribution >= 4 is 17.2 Å². The van der Waals surface area contributed by atoms with E-state index in [4.69, 9.17) is 4.74 Å². The van der Waals surface area contributed by atoms with E-state index in [9.17, 15) is 25.2 Å². The number of rotatable bonds is 5. The second-order valence-electron chi connectivity index (χ2n) is 7.46. The van der Waals surface area contributed by atoms with E-state index in [-0.39, 0.29) is 12.2 Å². The number of carbonyl (C=O) groups excluding carboxylic acids is 1. The maximum absolute atomic E-state index is 12.7. The number of benzene rings is 2. The standard InChI is InChI=1S/C22H23NO6/c24-11-18-21(27)22(28)20(26)17(29-18)10-15-9-14-8-13(6-7-16(14)23-15)19(25)12-4-2-1-3-5-12/h1-8,17-18,20-22,24,26-28H,9-11H2. The molecule has 29 heavy (non-hydrogen) atoms. The zero-order chi connectivity index (χ0) is 20.5. The van der Waals surface area contributed by atoms with Crippen LogP contribution < -0.4 is 0 Å². The van der Waals surface area contributed by atoms with Crippen molar-refractivity contribution in [3.63, 3.8) is 0 Å². The zero-order valence-corrected chi connectivity index (χ0v) is 15.7. The maximum Gasteiger partial charge on any atom is 0.193 e. The number of carbonyl (C=O) groups is 1. The molecule has 0 bridgehead atoms. The van der Waals surface area contributed by atoms with Crippen LogP contribution in [-0.4, -0.2) is 69.0 Å². The maximum atomic E-state index is 12.7. The number of ether oxygens (including phenoxy) is 1. The van der Waals surface area contributed by atoms with Gasteiger partial charge in [0.05, 0.1) is 18.4 Å². The number of aliphatic hydroxyl groups is 4. The molecule has 2 aliphatic rings. The summed E-state index contributed by atoms with van der Waals surface area (Å²) in [6.45, 7) is -0.459. The Labute approximate surface area is 167 Å². The minimum Gasteiger partial charge on any atom is -0.394 e. The van der Waals surface area contributed by atoms with Crippen molar-refractivity contribution in [1.29, 1.82) is 0 Å². The third kappa shape index (κ3) is 3.88. The van der Waals surface area contributed by atoms with Crippen LogP contribution in [0.15, 0.2) is 53.5 Å². The van der Waals surface area contributed by atoms with Gasteiger partial charge in [0.25, 0.3) is 0 Å². The van der Waals surface area contributed by atoms with Gasteiger partial charge in [-0.1, -0.05) is 30.3 Å². The number of fused-ring (bicyclic) bond motifs is 1. The van der Waals surface area contributed by atoms with Crippen molar-refractivity contribution in [3.05, 3.63) is 65.2 Å². The van der Waals surface area contributed by atoms with Crippen LogP contribution in [0, 0.1) is 0 Å². The van der Waals surface area contributed by atoms with Crippen LogP contribution in [0.3, 0.4) is 0 Å². The number of ketones is 1. The van der Waals surface area contributed by atoms with Crippen LogP contribution in [0.1, 0.15) is 27.9 Å². The molecule has 0 radical (unpaired) electrons. The van der Waals surface area contributed by atoms with E-state index >= 15 is 0 Å². The lowest BCUT2D eigenvalue weighted by atomic mass is 9.91. The van der Waals surface area contributed by atoms with E-state index in [1.807, 2.05) is 24.3 Å². The highest BCUT2D eigenvalue weighted by Gasteiger charge is 2.43. The van der Waals surface area contributed by atoms with Gasteiger partial charge in [0.2, 0.25) is 0 Å². The minimum atomic E-state index is -1.40. The van der Waals surface area contributed by atoms with E-state index in [2.05, 4.69) is 4.99 Å². The Morgan fingerprint density at radius 2 is 1.69 bits per heavy atom. The molecule has 2 heterocycles. The first-order valence-corrected chi connectivity index (χ1v) is 9.57. The monoisotopic (exact) mass is 397 g/mol. The fourth-order valence-electron chi connectivity index (χ4n) is 3.86. The Hall–Kier alpha value is -2.42. The van der Waals surface area contributed by atoms with Gasteiger partial charge in [-0.15, -0.1) is 0 Å². The molecule has 5 unspecified atom stereocenters. The number of hydrogen-bond donors (Lipinski definition) is 4. The molecule has 4 N–H and O–H groups in total. The number of nitrogens with zero attached hydrogens (tertiary/aromatic N) is 1. The summed E-state index contributed by atoms with van der Waals surface area (Å²) in [4.78, 5) is 17.2. The Balaban J connectivity index is 1.47. The van der Waals surface area contributed by atoms with Crippen molar-refractivity contribution in [2.75, 3.05) is 6.61 Å². The van der Waals surface area contributed by atoms with Gasteiger partial charge in [-0.05, 0) is 23.8 Å². The predicted octanol–water partition coefficient (Wildman–Crippen LogP) is 0.779.